The zero-order chi connectivity index (χ0) is 15.8. The summed E-state index contributed by atoms with van der Waals surface area (Å²) in [6.45, 7) is -2.37. The van der Waals surface area contributed by atoms with Gasteiger partial charge < -0.3 is 102 Å². The third kappa shape index (κ3) is 25.6. The summed E-state index contributed by atoms with van der Waals surface area (Å²) in [4.78, 5) is 41.0. The molecular formula is C6H26Na3O20P2-. The zero-order valence-electron chi connectivity index (χ0n) is 16.6. The van der Waals surface area contributed by atoms with Crippen LogP contribution in [0.4, 0.5) is 0 Å². The molecule has 0 aromatic rings. The van der Waals surface area contributed by atoms with E-state index in [1.807, 2.05) is 0 Å². The van der Waals surface area contributed by atoms with E-state index < -0.39 is 53.0 Å². The molecule has 0 saturated carbocycles. The van der Waals surface area contributed by atoms with Gasteiger partial charge in [-0.3, -0.25) is 0 Å². The van der Waals surface area contributed by atoms with Gasteiger partial charge in [-0.1, -0.05) is 0 Å². The number of rotatable bonds is 6. The van der Waals surface area contributed by atoms with Crippen LogP contribution >= 0.6 is 15.6 Å². The van der Waals surface area contributed by atoms with Crippen molar-refractivity contribution < 1.29 is 190 Å². The predicted molar refractivity (Wildman–Crippen MR) is 77.9 cm³/mol. The van der Waals surface area contributed by atoms with Crippen molar-refractivity contribution in [1.29, 1.82) is 0 Å². The summed E-state index contributed by atoms with van der Waals surface area (Å²) < 4.78 is 32.6. The van der Waals surface area contributed by atoms with Crippen LogP contribution in [-0.2, 0) is 22.9 Å². The van der Waals surface area contributed by atoms with Crippen molar-refractivity contribution in [2.75, 3.05) is 13.2 Å². The zero-order valence-corrected chi connectivity index (χ0v) is 24.3. The first-order valence-electron chi connectivity index (χ1n) is 4.93. The van der Waals surface area contributed by atoms with E-state index in [0.29, 0.717) is 0 Å². The Hall–Kier alpha value is 2.74. The fraction of sp³-hybridized carbons (Fsp3) is 1.00. The molecule has 0 spiro atoms. The second-order valence-electron chi connectivity index (χ2n) is 3.90. The van der Waals surface area contributed by atoms with Gasteiger partial charge in [-0.15, -0.1) is 0 Å². The molecular weight excluding hydrogens is 523 g/mol. The molecule has 25 heteroatoms. The Morgan fingerprint density at radius 1 is 0.774 bits per heavy atom. The minimum absolute atomic E-state index is 0. The molecule has 0 radical (unpaired) electrons. The van der Waals surface area contributed by atoms with Gasteiger partial charge in [-0.25, -0.2) is 0 Å². The molecule has 1 aliphatic heterocycles. The molecule has 184 valence electrons. The van der Waals surface area contributed by atoms with Gasteiger partial charge in [0.15, 0.2) is 0 Å². The molecule has 0 amide bonds. The van der Waals surface area contributed by atoms with Gasteiger partial charge in [-0.05, 0) is 0 Å². The molecule has 4 atom stereocenters. The average molecular weight is 549 g/mol. The Balaban J connectivity index is -0.0000000404. The summed E-state index contributed by atoms with van der Waals surface area (Å²) in [5.74, 6) is -2.78. The number of phosphoric ester groups is 2. The smallest absolute Gasteiger partial charge is 0.790 e. The molecule has 0 aliphatic carbocycles. The molecule has 1 heterocycles. The van der Waals surface area contributed by atoms with Crippen LogP contribution in [0.2, 0.25) is 0 Å². The van der Waals surface area contributed by atoms with Gasteiger partial charge in [0.05, 0.1) is 22.3 Å². The second kappa shape index (κ2) is 27.3. The monoisotopic (exact) mass is 549 g/mol. The Labute approximate surface area is 241 Å². The third-order valence-corrected chi connectivity index (χ3v) is 3.26. The van der Waals surface area contributed by atoms with Gasteiger partial charge in [0.25, 0.3) is 0 Å². The Bertz CT molecular complexity index is 447. The van der Waals surface area contributed by atoms with Crippen LogP contribution in [0.15, 0.2) is 0 Å². The number of ether oxygens (including phenoxy) is 1. The minimum Gasteiger partial charge on any atom is -0.790 e. The van der Waals surface area contributed by atoms with Crippen LogP contribution in [0.25, 0.3) is 0 Å². The maximum atomic E-state index is 10.3. The summed E-state index contributed by atoms with van der Waals surface area (Å²) in [5, 5.41) is 28.5. The Kier molecular flexibility index (Phi) is 61.7. The van der Waals surface area contributed by atoms with Crippen LogP contribution in [0.1, 0.15) is 0 Å². The first-order valence-corrected chi connectivity index (χ1v) is 7.86. The van der Waals surface area contributed by atoms with E-state index in [0.717, 1.165) is 0 Å². The maximum Gasteiger partial charge on any atom is 1.00 e. The third-order valence-electron chi connectivity index (χ3n) is 2.35. The summed E-state index contributed by atoms with van der Waals surface area (Å²) in [6.07, 6.45) is -5.69. The molecule has 31 heavy (non-hydrogen) atoms. The first-order chi connectivity index (χ1) is 8.84. The van der Waals surface area contributed by atoms with Gasteiger partial charge in [0.1, 0.15) is 24.9 Å². The van der Waals surface area contributed by atoms with E-state index in [1.54, 1.807) is 0 Å². The number of aliphatic hydroxyl groups excluding tert-OH is 2. The molecule has 1 rings (SSSR count). The van der Waals surface area contributed by atoms with Crippen molar-refractivity contribution in [2.24, 2.45) is 0 Å². The fourth-order valence-corrected chi connectivity index (χ4v) is 2.13. The normalized spacial score (nSPS) is 22.9. The van der Waals surface area contributed by atoms with Gasteiger partial charge in [0.2, 0.25) is 5.79 Å². The van der Waals surface area contributed by atoms with E-state index in [-0.39, 0.29) is 132 Å². The molecule has 1 saturated heterocycles. The predicted octanol–water partition coefficient (Wildman–Crippen LogP) is -21.1. The van der Waals surface area contributed by atoms with Crippen molar-refractivity contribution in [3.63, 3.8) is 0 Å². The first kappa shape index (κ1) is 69.9. The molecule has 19 N–H and O–H groups in total. The van der Waals surface area contributed by atoms with E-state index in [1.165, 1.54) is 0 Å². The van der Waals surface area contributed by atoms with Crippen LogP contribution in [0, 0.1) is 0 Å². The fourth-order valence-electron chi connectivity index (χ4n) is 1.46. The van der Waals surface area contributed by atoms with Gasteiger partial charge in [-0.2, -0.15) is 0 Å². The van der Waals surface area contributed by atoms with E-state index in [2.05, 4.69) is 13.8 Å². The standard InChI is InChI=1S/C6H14O12P2.3Na.8H2O/c7-4-3(1-16-19(10,11)12)18-6(9,5(4)8)2-17-20(13,14)15;;;;;;;;;;;/h3-5,7-9H,1-2H2,(H2,10,11,12)(H2,13,14,15);;;;8*1H2/q;3*+1;;;;;;;;/p-4. The van der Waals surface area contributed by atoms with Crippen LogP contribution in [0.3, 0.4) is 0 Å². The van der Waals surface area contributed by atoms with Crippen LogP contribution in [-0.4, -0.2) is 96.4 Å². The molecule has 0 aromatic heterocycles. The molecule has 0 aromatic carbocycles. The second-order valence-corrected chi connectivity index (χ2v) is 6.21. The van der Waals surface area contributed by atoms with E-state index >= 15 is 0 Å². The van der Waals surface area contributed by atoms with Crippen molar-refractivity contribution >= 4 is 15.6 Å². The number of phosphoric acid groups is 2. The number of aliphatic hydroxyl groups is 3. The van der Waals surface area contributed by atoms with Gasteiger partial charge in [0, 0.05) is 0 Å². The van der Waals surface area contributed by atoms with Crippen LogP contribution in [0.5, 0.6) is 0 Å². The summed E-state index contributed by atoms with van der Waals surface area (Å²) >= 11 is 0. The summed E-state index contributed by atoms with van der Waals surface area (Å²) in [6, 6.07) is 0. The summed E-state index contributed by atoms with van der Waals surface area (Å²) in [7, 11) is -10.9. The van der Waals surface area contributed by atoms with Gasteiger partial charge >= 0.3 is 88.7 Å². The van der Waals surface area contributed by atoms with Crippen molar-refractivity contribution in [3.8, 4) is 0 Å². The average Bonchev–Trinajstić information content (AvgIpc) is 2.48. The largest absolute Gasteiger partial charge is 1.00 e. The Morgan fingerprint density at radius 3 is 1.39 bits per heavy atom. The molecule has 0 bridgehead atoms. The molecule has 1 aliphatic rings. The van der Waals surface area contributed by atoms with E-state index in [9.17, 15) is 44.0 Å². The summed E-state index contributed by atoms with van der Waals surface area (Å²) in [5.41, 5.74) is 0. The SMILES string of the molecule is O.O.O.O.O.O.O.O.O=P([O-])([O-])OCC1OC(O)(COP(=O)([O-])[O-])C(O)C1O.[Na+].[Na+].[Na+]. The maximum absolute atomic E-state index is 10.3. The van der Waals surface area contributed by atoms with Crippen molar-refractivity contribution in [3.05, 3.63) is 0 Å². The molecule has 1 fully saturated rings. The van der Waals surface area contributed by atoms with Crippen LogP contribution < -0.4 is 108 Å². The molecule has 20 nitrogen and oxygen atoms in total. The number of hydrogen-bond donors (Lipinski definition) is 3. The Morgan fingerprint density at radius 2 is 1.10 bits per heavy atom. The van der Waals surface area contributed by atoms with Crippen molar-refractivity contribution in [2.45, 2.75) is 24.1 Å². The van der Waals surface area contributed by atoms with E-state index in [4.69, 9.17) is 0 Å². The quantitative estimate of drug-likeness (QED) is 0.205. The number of hydrogen-bond acceptors (Lipinski definition) is 12. The van der Waals surface area contributed by atoms with Crippen molar-refractivity contribution in [1.82, 2.24) is 0 Å². The minimum atomic E-state index is -5.48. The molecule has 4 unspecified atom stereocenters. The topological polar surface area (TPSA) is 467 Å².